The van der Waals surface area contributed by atoms with Gasteiger partial charge in [0.25, 0.3) is 0 Å². The van der Waals surface area contributed by atoms with Gasteiger partial charge in [-0.1, -0.05) is 12.1 Å². The quantitative estimate of drug-likeness (QED) is 0.534. The van der Waals surface area contributed by atoms with Crippen LogP contribution in [0.4, 0.5) is 21.7 Å². The molecule has 1 fully saturated rings. The third kappa shape index (κ3) is 3.84. The molecule has 0 radical (unpaired) electrons. The van der Waals surface area contributed by atoms with Crippen molar-refractivity contribution in [3.63, 3.8) is 0 Å². The van der Waals surface area contributed by atoms with E-state index in [1.165, 1.54) is 6.07 Å². The number of carbonyl (C=O) groups excluding carboxylic acids is 1. The van der Waals surface area contributed by atoms with Crippen molar-refractivity contribution >= 4 is 28.9 Å². The number of piperazine rings is 1. The fourth-order valence-corrected chi connectivity index (χ4v) is 3.83. The zero-order valence-corrected chi connectivity index (χ0v) is 17.6. The third-order valence-corrected chi connectivity index (χ3v) is 5.58. The van der Waals surface area contributed by atoms with Crippen molar-refractivity contribution in [2.75, 3.05) is 36.4 Å². The molecule has 0 aliphatic carbocycles. The lowest BCUT2D eigenvalue weighted by atomic mass is 10.2. The highest BCUT2D eigenvalue weighted by Crippen LogP contribution is 2.25. The Labute approximate surface area is 184 Å². The van der Waals surface area contributed by atoms with Crippen molar-refractivity contribution < 1.29 is 9.18 Å². The molecule has 1 saturated heterocycles. The van der Waals surface area contributed by atoms with Crippen molar-refractivity contribution in [3.8, 4) is 11.4 Å². The lowest BCUT2D eigenvalue weighted by Gasteiger charge is -2.35. The van der Waals surface area contributed by atoms with Crippen molar-refractivity contribution in [2.45, 2.75) is 6.92 Å². The predicted molar refractivity (Wildman–Crippen MR) is 120 cm³/mol. The van der Waals surface area contributed by atoms with Gasteiger partial charge < -0.3 is 15.1 Å². The van der Waals surface area contributed by atoms with Gasteiger partial charge in [-0.2, -0.15) is 14.6 Å². The lowest BCUT2D eigenvalue weighted by molar-refractivity contribution is -0.129. The Hall–Kier alpha value is -4.01. The number of rotatable bonds is 4. The molecule has 0 atom stereocenters. The van der Waals surface area contributed by atoms with E-state index < -0.39 is 0 Å². The minimum Gasteiger partial charge on any atom is -0.368 e. The van der Waals surface area contributed by atoms with Gasteiger partial charge in [-0.25, -0.2) is 9.37 Å². The summed E-state index contributed by atoms with van der Waals surface area (Å²) >= 11 is 0. The van der Waals surface area contributed by atoms with E-state index in [9.17, 15) is 9.18 Å². The first-order valence-corrected chi connectivity index (χ1v) is 10.4. The van der Waals surface area contributed by atoms with E-state index in [0.717, 1.165) is 37.6 Å². The summed E-state index contributed by atoms with van der Waals surface area (Å²) in [6, 6.07) is 16.2. The van der Waals surface area contributed by atoms with Gasteiger partial charge >= 0.3 is 0 Å². The molecule has 5 rings (SSSR count). The van der Waals surface area contributed by atoms with Crippen LogP contribution in [0.1, 0.15) is 6.92 Å². The molecule has 1 N–H and O–H groups in total. The summed E-state index contributed by atoms with van der Waals surface area (Å²) in [5, 5.41) is 7.55. The number of anilines is 3. The van der Waals surface area contributed by atoms with Gasteiger partial charge in [-0.05, 0) is 36.4 Å². The van der Waals surface area contributed by atoms with E-state index in [4.69, 9.17) is 0 Å². The van der Waals surface area contributed by atoms with Crippen LogP contribution in [0.2, 0.25) is 0 Å². The number of carbonyl (C=O) groups is 1. The Kier molecular flexibility index (Phi) is 5.14. The van der Waals surface area contributed by atoms with Gasteiger partial charge in [-0.3, -0.25) is 4.79 Å². The lowest BCUT2D eigenvalue weighted by Crippen LogP contribution is -2.48. The van der Waals surface area contributed by atoms with E-state index in [0.29, 0.717) is 23.0 Å². The number of fused-ring (bicyclic) bond motifs is 1. The number of amides is 1. The molecule has 0 bridgehead atoms. The molecule has 9 heteroatoms. The van der Waals surface area contributed by atoms with Gasteiger partial charge in [0.15, 0.2) is 11.5 Å². The van der Waals surface area contributed by atoms with Gasteiger partial charge in [0.05, 0.1) is 11.8 Å². The number of nitrogens with one attached hydrogen (secondary N) is 1. The Balaban J connectivity index is 1.38. The van der Waals surface area contributed by atoms with Crippen LogP contribution in [-0.4, -0.2) is 56.6 Å². The molecule has 0 spiro atoms. The molecule has 2 aromatic heterocycles. The zero-order chi connectivity index (χ0) is 22.1. The van der Waals surface area contributed by atoms with Crippen LogP contribution in [0.3, 0.4) is 0 Å². The van der Waals surface area contributed by atoms with Crippen LogP contribution in [-0.2, 0) is 4.79 Å². The second-order valence-electron chi connectivity index (χ2n) is 7.62. The normalized spacial score (nSPS) is 14.1. The summed E-state index contributed by atoms with van der Waals surface area (Å²) < 4.78 is 15.9. The highest BCUT2D eigenvalue weighted by atomic mass is 19.1. The number of aromatic nitrogens is 4. The number of hydrogen-bond acceptors (Lipinski definition) is 6. The molecule has 162 valence electrons. The van der Waals surface area contributed by atoms with E-state index in [-0.39, 0.29) is 11.7 Å². The molecule has 2 aromatic carbocycles. The molecule has 3 heterocycles. The maximum absolute atomic E-state index is 14.3. The average molecular weight is 431 g/mol. The monoisotopic (exact) mass is 431 g/mol. The van der Waals surface area contributed by atoms with Crippen LogP contribution in [0.15, 0.2) is 60.8 Å². The molecule has 4 aromatic rings. The van der Waals surface area contributed by atoms with E-state index >= 15 is 0 Å². The second kappa shape index (κ2) is 8.26. The van der Waals surface area contributed by atoms with Crippen molar-refractivity contribution in [1.82, 2.24) is 24.5 Å². The molecule has 0 saturated carbocycles. The third-order valence-electron chi connectivity index (χ3n) is 5.58. The highest BCUT2D eigenvalue weighted by molar-refractivity contribution is 5.73. The van der Waals surface area contributed by atoms with Crippen LogP contribution in [0.5, 0.6) is 0 Å². The number of nitrogens with zero attached hydrogens (tertiary/aromatic N) is 6. The number of hydrogen-bond donors (Lipinski definition) is 1. The van der Waals surface area contributed by atoms with E-state index in [1.54, 1.807) is 41.9 Å². The minimum absolute atomic E-state index is 0.119. The molecule has 8 nitrogen and oxygen atoms in total. The molecular formula is C23H22FN7O. The van der Waals surface area contributed by atoms with Gasteiger partial charge in [-0.15, -0.1) is 0 Å². The summed E-state index contributed by atoms with van der Waals surface area (Å²) in [4.78, 5) is 24.6. The fourth-order valence-electron chi connectivity index (χ4n) is 3.83. The maximum atomic E-state index is 14.3. The molecule has 0 unspecified atom stereocenters. The highest BCUT2D eigenvalue weighted by Gasteiger charge is 2.19. The Bertz CT molecular complexity index is 1260. The molecular weight excluding hydrogens is 409 g/mol. The first-order valence-electron chi connectivity index (χ1n) is 10.4. The second-order valence-corrected chi connectivity index (χ2v) is 7.62. The number of benzene rings is 2. The zero-order valence-electron chi connectivity index (χ0n) is 17.6. The topological polar surface area (TPSA) is 78.7 Å². The summed E-state index contributed by atoms with van der Waals surface area (Å²) in [5.74, 6) is 0.477. The van der Waals surface area contributed by atoms with Crippen molar-refractivity contribution in [2.24, 2.45) is 0 Å². The number of halogens is 1. The summed E-state index contributed by atoms with van der Waals surface area (Å²) in [7, 11) is 0. The van der Waals surface area contributed by atoms with E-state index in [2.05, 4.69) is 25.3 Å². The van der Waals surface area contributed by atoms with Crippen LogP contribution in [0.25, 0.3) is 17.0 Å². The smallest absolute Gasteiger partial charge is 0.232 e. The molecule has 1 aliphatic heterocycles. The molecule has 1 aliphatic rings. The Morgan fingerprint density at radius 3 is 2.44 bits per heavy atom. The first kappa shape index (κ1) is 19.9. The molecule has 1 amide bonds. The minimum atomic E-state index is -0.378. The van der Waals surface area contributed by atoms with Crippen molar-refractivity contribution in [1.29, 1.82) is 0 Å². The first-order chi connectivity index (χ1) is 15.6. The Morgan fingerprint density at radius 1 is 0.969 bits per heavy atom. The maximum Gasteiger partial charge on any atom is 0.232 e. The van der Waals surface area contributed by atoms with Crippen LogP contribution >= 0.6 is 0 Å². The van der Waals surface area contributed by atoms with Gasteiger partial charge in [0, 0.05) is 50.5 Å². The summed E-state index contributed by atoms with van der Waals surface area (Å²) in [6.45, 7) is 4.67. The van der Waals surface area contributed by atoms with Crippen LogP contribution in [0, 0.1) is 5.82 Å². The summed E-state index contributed by atoms with van der Waals surface area (Å²) in [6.07, 6.45) is 1.63. The van der Waals surface area contributed by atoms with Gasteiger partial charge in [0.2, 0.25) is 11.9 Å². The fraction of sp³-hybridized carbons (Fsp3) is 0.217. The van der Waals surface area contributed by atoms with E-state index in [1.807, 2.05) is 29.2 Å². The Morgan fingerprint density at radius 2 is 1.72 bits per heavy atom. The van der Waals surface area contributed by atoms with Crippen LogP contribution < -0.4 is 10.2 Å². The van der Waals surface area contributed by atoms with Gasteiger partial charge in [0.1, 0.15) is 5.82 Å². The van der Waals surface area contributed by atoms with Crippen molar-refractivity contribution in [3.05, 3.63) is 66.6 Å². The largest absolute Gasteiger partial charge is 0.368 e. The summed E-state index contributed by atoms with van der Waals surface area (Å²) in [5.41, 5.74) is 2.82. The predicted octanol–water partition coefficient (Wildman–Crippen LogP) is 3.34. The molecule has 32 heavy (non-hydrogen) atoms. The average Bonchev–Trinajstić information content (AvgIpc) is 3.29. The SMILES string of the molecule is CC(=O)N1CCN(c2ccc(Nc3nc(-c4ccccc4F)nc4ccnn34)cc2)CC1. The standard InChI is InChI=1S/C23H22FN7O/c1-16(32)29-12-14-30(15-13-29)18-8-6-17(7-9-18)26-23-28-22(19-4-2-3-5-20(19)24)27-21-10-11-25-31(21)23/h2-11H,12-15H2,1H3,(H,26,27,28).